The lowest BCUT2D eigenvalue weighted by atomic mass is 10.0. The quantitative estimate of drug-likeness (QED) is 0.0211. The number of nitrogens with zero attached hydrogens (tertiary/aromatic N) is 1. The second kappa shape index (κ2) is 51.1. The van der Waals surface area contributed by atoms with Crippen LogP contribution < -0.4 is 0 Å². The highest BCUT2D eigenvalue weighted by Crippen LogP contribution is 2.17. The molecule has 0 bridgehead atoms. The van der Waals surface area contributed by atoms with Gasteiger partial charge in [0.05, 0.1) is 34.4 Å². The molecule has 1 N–H and O–H groups in total. The van der Waals surface area contributed by atoms with Crippen molar-refractivity contribution in [1.82, 2.24) is 0 Å². The Hall–Kier alpha value is -2.23. The smallest absolute Gasteiger partial charge is 0.361 e. The van der Waals surface area contributed by atoms with Crippen molar-refractivity contribution in [2.75, 3.05) is 47.5 Å². The molecule has 0 aromatic heterocycles. The lowest BCUT2D eigenvalue weighted by molar-refractivity contribution is -0.870. The third kappa shape index (κ3) is 51.6. The van der Waals surface area contributed by atoms with Crippen molar-refractivity contribution in [3.05, 3.63) is 24.3 Å². The van der Waals surface area contributed by atoms with E-state index in [1.165, 1.54) is 205 Å². The molecular formula is C59H112NO8+. The van der Waals surface area contributed by atoms with Crippen molar-refractivity contribution in [3.8, 4) is 0 Å². The maximum absolute atomic E-state index is 12.9. The molecule has 0 aliphatic rings. The Kier molecular flexibility index (Phi) is 49.5. The number of carbonyl (C=O) groups excluding carboxylic acids is 2. The van der Waals surface area contributed by atoms with Gasteiger partial charge in [-0.25, -0.2) is 4.79 Å². The normalized spacial score (nSPS) is 12.9. The molecule has 0 aliphatic heterocycles. The number of unbranched alkanes of at least 4 members (excludes halogenated alkanes) is 35. The van der Waals surface area contributed by atoms with E-state index in [-0.39, 0.29) is 32.2 Å². The van der Waals surface area contributed by atoms with Gasteiger partial charge in [-0.2, -0.15) is 0 Å². The van der Waals surface area contributed by atoms with E-state index in [0.29, 0.717) is 17.4 Å². The van der Waals surface area contributed by atoms with Gasteiger partial charge in [0.15, 0.2) is 6.10 Å². The average Bonchev–Trinajstić information content (AvgIpc) is 3.30. The number of likely N-dealkylation sites (N-methyl/N-ethyl adjacent to an activating group) is 1. The standard InChI is InChI=1S/C59H111NO8/c1-6-8-10-12-14-16-18-20-22-24-26-28-29-30-32-34-36-38-40-42-44-46-48-50-57(62)68-55(54-67-59(58(63)64)65-52-51-60(3,4)5)53-66-56(61)49-47-45-43-41-39-37-35-33-31-27-25-23-21-19-17-15-13-11-9-7-2/h18,20,24,26,55,59H,6-17,19,21-23,25,27-54H2,1-5H3/p+1/b20-18-,26-24-. The largest absolute Gasteiger partial charge is 0.477 e. The van der Waals surface area contributed by atoms with E-state index in [1.54, 1.807) is 0 Å². The van der Waals surface area contributed by atoms with Gasteiger partial charge in [0.25, 0.3) is 6.29 Å². The maximum Gasteiger partial charge on any atom is 0.361 e. The number of esters is 2. The molecule has 9 nitrogen and oxygen atoms in total. The zero-order valence-electron chi connectivity index (χ0n) is 45.5. The molecular weight excluding hydrogens is 851 g/mol. The van der Waals surface area contributed by atoms with Gasteiger partial charge in [-0.1, -0.05) is 244 Å². The summed E-state index contributed by atoms with van der Waals surface area (Å²) >= 11 is 0. The first-order valence-electron chi connectivity index (χ1n) is 29.0. The van der Waals surface area contributed by atoms with Gasteiger partial charge in [0.2, 0.25) is 0 Å². The summed E-state index contributed by atoms with van der Waals surface area (Å²) in [7, 11) is 5.98. The average molecular weight is 964 g/mol. The van der Waals surface area contributed by atoms with Crippen LogP contribution in [0.3, 0.4) is 0 Å². The van der Waals surface area contributed by atoms with Crippen LogP contribution in [-0.4, -0.2) is 87.4 Å². The van der Waals surface area contributed by atoms with E-state index in [4.69, 9.17) is 18.9 Å². The molecule has 0 radical (unpaired) electrons. The summed E-state index contributed by atoms with van der Waals surface area (Å²) < 4.78 is 22.9. The molecule has 2 unspecified atom stereocenters. The molecule has 400 valence electrons. The fraction of sp³-hybridized carbons (Fsp3) is 0.881. The monoisotopic (exact) mass is 963 g/mol. The summed E-state index contributed by atoms with van der Waals surface area (Å²) in [4.78, 5) is 37.4. The Morgan fingerprint density at radius 3 is 1.16 bits per heavy atom. The van der Waals surface area contributed by atoms with Crippen LogP contribution in [0.15, 0.2) is 24.3 Å². The number of ether oxygens (including phenoxy) is 4. The van der Waals surface area contributed by atoms with Crippen LogP contribution >= 0.6 is 0 Å². The Bertz CT molecular complexity index is 1170. The van der Waals surface area contributed by atoms with Gasteiger partial charge in [-0.05, 0) is 44.9 Å². The Balaban J connectivity index is 4.23. The summed E-state index contributed by atoms with van der Waals surface area (Å²) in [5.41, 5.74) is 0. The molecule has 0 aromatic carbocycles. The first kappa shape index (κ1) is 65.8. The predicted octanol–water partition coefficient (Wildman–Crippen LogP) is 16.7. The number of quaternary nitrogens is 1. The van der Waals surface area contributed by atoms with Crippen molar-refractivity contribution >= 4 is 17.9 Å². The Morgan fingerprint density at radius 2 is 0.794 bits per heavy atom. The summed E-state index contributed by atoms with van der Waals surface area (Å²) in [5.74, 6) is -1.99. The number of hydrogen-bond acceptors (Lipinski definition) is 7. The van der Waals surface area contributed by atoms with Crippen molar-refractivity contribution < 1.29 is 42.9 Å². The summed E-state index contributed by atoms with van der Waals surface area (Å²) in [5, 5.41) is 9.70. The summed E-state index contributed by atoms with van der Waals surface area (Å²) in [6.45, 7) is 4.91. The van der Waals surface area contributed by atoms with Crippen molar-refractivity contribution in [3.63, 3.8) is 0 Å². The van der Waals surface area contributed by atoms with Gasteiger partial charge in [-0.3, -0.25) is 9.59 Å². The molecule has 0 saturated heterocycles. The maximum atomic E-state index is 12.9. The predicted molar refractivity (Wildman–Crippen MR) is 286 cm³/mol. The molecule has 2 atom stereocenters. The third-order valence-corrected chi connectivity index (χ3v) is 13.0. The summed E-state index contributed by atoms with van der Waals surface area (Å²) in [6.07, 6.45) is 56.8. The second-order valence-electron chi connectivity index (χ2n) is 21.0. The molecule has 0 heterocycles. The van der Waals surface area contributed by atoms with Crippen LogP contribution in [0.4, 0.5) is 0 Å². The SMILES string of the molecule is CCCCCCC/C=C\C/C=C\CCCCCCCCCCCCCC(=O)OC(COC(=O)CCCCCCCCCCCCCCCCCCCCCC)COC(OCC[N+](C)(C)C)C(=O)O. The van der Waals surface area contributed by atoms with Crippen molar-refractivity contribution in [2.24, 2.45) is 0 Å². The van der Waals surface area contributed by atoms with E-state index in [9.17, 15) is 19.5 Å². The Labute approximate surface area is 420 Å². The first-order chi connectivity index (χ1) is 33.1. The highest BCUT2D eigenvalue weighted by Gasteiger charge is 2.25. The fourth-order valence-electron chi connectivity index (χ4n) is 8.46. The molecule has 0 amide bonds. The number of allylic oxidation sites excluding steroid dienone is 4. The van der Waals surface area contributed by atoms with Crippen LogP contribution in [-0.2, 0) is 33.3 Å². The van der Waals surface area contributed by atoms with Gasteiger partial charge < -0.3 is 28.5 Å². The highest BCUT2D eigenvalue weighted by molar-refractivity contribution is 5.71. The second-order valence-corrected chi connectivity index (χ2v) is 21.0. The zero-order chi connectivity index (χ0) is 49.9. The number of carboxylic acid groups (broad SMARTS) is 1. The molecule has 0 spiro atoms. The van der Waals surface area contributed by atoms with Gasteiger partial charge in [-0.15, -0.1) is 0 Å². The molecule has 68 heavy (non-hydrogen) atoms. The third-order valence-electron chi connectivity index (χ3n) is 13.0. The molecule has 0 saturated carbocycles. The fourth-order valence-corrected chi connectivity index (χ4v) is 8.46. The number of rotatable bonds is 54. The van der Waals surface area contributed by atoms with Crippen LogP contribution in [0.5, 0.6) is 0 Å². The molecule has 9 heteroatoms. The lowest BCUT2D eigenvalue weighted by Crippen LogP contribution is -2.40. The minimum absolute atomic E-state index is 0.177. The first-order valence-corrected chi connectivity index (χ1v) is 29.0. The van der Waals surface area contributed by atoms with Crippen molar-refractivity contribution in [2.45, 2.75) is 289 Å². The number of hydrogen-bond donors (Lipinski definition) is 1. The number of aliphatic carboxylic acids is 1. The molecule has 0 rings (SSSR count). The van der Waals surface area contributed by atoms with E-state index in [2.05, 4.69) is 38.2 Å². The molecule has 0 aliphatic carbocycles. The highest BCUT2D eigenvalue weighted by atomic mass is 16.7. The number of carbonyl (C=O) groups is 3. The molecule has 0 fully saturated rings. The van der Waals surface area contributed by atoms with Gasteiger partial charge in [0.1, 0.15) is 13.2 Å². The number of carboxylic acids is 1. The molecule has 0 aromatic rings. The minimum atomic E-state index is -1.51. The van der Waals surface area contributed by atoms with E-state index >= 15 is 0 Å². The van der Waals surface area contributed by atoms with Crippen LogP contribution in [0.25, 0.3) is 0 Å². The van der Waals surface area contributed by atoms with Crippen LogP contribution in [0.2, 0.25) is 0 Å². The van der Waals surface area contributed by atoms with Gasteiger partial charge in [0, 0.05) is 12.8 Å². The Morgan fingerprint density at radius 1 is 0.441 bits per heavy atom. The summed E-state index contributed by atoms with van der Waals surface area (Å²) in [6, 6.07) is 0. The van der Waals surface area contributed by atoms with Gasteiger partial charge >= 0.3 is 17.9 Å². The van der Waals surface area contributed by atoms with E-state index < -0.39 is 24.3 Å². The van der Waals surface area contributed by atoms with Crippen molar-refractivity contribution in [1.29, 1.82) is 0 Å². The van der Waals surface area contributed by atoms with Crippen LogP contribution in [0, 0.1) is 0 Å². The topological polar surface area (TPSA) is 108 Å². The van der Waals surface area contributed by atoms with Crippen LogP contribution in [0.1, 0.15) is 277 Å². The van der Waals surface area contributed by atoms with E-state index in [1.807, 2.05) is 21.1 Å². The van der Waals surface area contributed by atoms with E-state index in [0.717, 1.165) is 44.9 Å². The minimum Gasteiger partial charge on any atom is -0.477 e. The zero-order valence-corrected chi connectivity index (χ0v) is 45.5. The lowest BCUT2D eigenvalue weighted by Gasteiger charge is -2.25.